The summed E-state index contributed by atoms with van der Waals surface area (Å²) < 4.78 is 39.9. The molecule has 1 heterocycles. The summed E-state index contributed by atoms with van der Waals surface area (Å²) in [5.41, 5.74) is 0. The van der Waals surface area contributed by atoms with Crippen LogP contribution in [0.3, 0.4) is 0 Å². The van der Waals surface area contributed by atoms with Crippen LogP contribution < -0.4 is 5.32 Å². The van der Waals surface area contributed by atoms with Gasteiger partial charge in [-0.25, -0.2) is 0 Å². The lowest BCUT2D eigenvalue weighted by Gasteiger charge is -2.22. The SMILES string of the molecule is CC1(CNCCOCC(F)(F)F)CCCS1. The smallest absolute Gasteiger partial charge is 0.371 e. The van der Waals surface area contributed by atoms with Gasteiger partial charge in [-0.2, -0.15) is 24.9 Å². The molecule has 0 aromatic carbocycles. The Morgan fingerprint density at radius 2 is 2.19 bits per heavy atom. The van der Waals surface area contributed by atoms with Gasteiger partial charge in [-0.3, -0.25) is 0 Å². The van der Waals surface area contributed by atoms with Crippen molar-refractivity contribution in [1.29, 1.82) is 0 Å². The van der Waals surface area contributed by atoms with E-state index in [1.54, 1.807) is 0 Å². The molecule has 1 fully saturated rings. The Morgan fingerprint density at radius 1 is 1.44 bits per heavy atom. The van der Waals surface area contributed by atoms with Crippen molar-refractivity contribution < 1.29 is 17.9 Å². The summed E-state index contributed by atoms with van der Waals surface area (Å²) in [6, 6.07) is 0. The Balaban J connectivity index is 1.96. The fourth-order valence-corrected chi connectivity index (χ4v) is 2.94. The molecule has 0 aliphatic carbocycles. The van der Waals surface area contributed by atoms with E-state index in [4.69, 9.17) is 0 Å². The molecule has 1 aliphatic rings. The lowest BCUT2D eigenvalue weighted by molar-refractivity contribution is -0.173. The zero-order valence-electron chi connectivity index (χ0n) is 9.40. The molecule has 1 atom stereocenters. The Hall–Kier alpha value is 0.0600. The van der Waals surface area contributed by atoms with E-state index in [0.29, 0.717) is 6.54 Å². The van der Waals surface area contributed by atoms with Crippen LogP contribution in [0, 0.1) is 0 Å². The lowest BCUT2D eigenvalue weighted by atomic mass is 10.1. The van der Waals surface area contributed by atoms with Gasteiger partial charge in [0.15, 0.2) is 0 Å². The van der Waals surface area contributed by atoms with Gasteiger partial charge < -0.3 is 10.1 Å². The molecule has 0 spiro atoms. The second kappa shape index (κ2) is 6.12. The summed E-state index contributed by atoms with van der Waals surface area (Å²) in [4.78, 5) is 0. The van der Waals surface area contributed by atoms with Gasteiger partial charge >= 0.3 is 6.18 Å². The molecule has 16 heavy (non-hydrogen) atoms. The van der Waals surface area contributed by atoms with Crippen LogP contribution in [-0.4, -0.2) is 43.0 Å². The number of hydrogen-bond donors (Lipinski definition) is 1. The molecule has 0 amide bonds. The number of ether oxygens (including phenoxy) is 1. The molecular formula is C10H18F3NOS. The van der Waals surface area contributed by atoms with Crippen molar-refractivity contribution in [3.8, 4) is 0 Å². The zero-order valence-corrected chi connectivity index (χ0v) is 10.2. The van der Waals surface area contributed by atoms with Gasteiger partial charge in [-0.15, -0.1) is 0 Å². The van der Waals surface area contributed by atoms with Gasteiger partial charge in [-0.1, -0.05) is 0 Å². The molecule has 0 saturated carbocycles. The number of nitrogens with one attached hydrogen (secondary N) is 1. The first-order valence-corrected chi connectivity index (χ1v) is 6.39. The highest BCUT2D eigenvalue weighted by Gasteiger charge is 2.29. The van der Waals surface area contributed by atoms with E-state index in [-0.39, 0.29) is 11.4 Å². The van der Waals surface area contributed by atoms with Crippen molar-refractivity contribution in [3.63, 3.8) is 0 Å². The van der Waals surface area contributed by atoms with Crippen LogP contribution >= 0.6 is 11.8 Å². The molecule has 1 rings (SSSR count). The predicted molar refractivity (Wildman–Crippen MR) is 59.8 cm³/mol. The number of rotatable bonds is 6. The molecule has 1 saturated heterocycles. The minimum absolute atomic E-state index is 0.111. The Kier molecular flexibility index (Phi) is 5.40. The molecule has 0 radical (unpaired) electrons. The molecule has 96 valence electrons. The number of halogens is 3. The maximum absolute atomic E-state index is 11.7. The van der Waals surface area contributed by atoms with E-state index in [1.807, 2.05) is 11.8 Å². The van der Waals surface area contributed by atoms with Crippen molar-refractivity contribution in [2.75, 3.05) is 32.1 Å². The Bertz CT molecular complexity index is 205. The average Bonchev–Trinajstić information content (AvgIpc) is 2.57. The highest BCUT2D eigenvalue weighted by atomic mass is 32.2. The maximum Gasteiger partial charge on any atom is 0.411 e. The number of thioether (sulfide) groups is 1. The van der Waals surface area contributed by atoms with Crippen LogP contribution in [0.5, 0.6) is 0 Å². The second-order valence-electron chi connectivity index (χ2n) is 4.25. The van der Waals surface area contributed by atoms with Crippen LogP contribution in [0.4, 0.5) is 13.2 Å². The van der Waals surface area contributed by atoms with Crippen molar-refractivity contribution >= 4 is 11.8 Å². The second-order valence-corrected chi connectivity index (χ2v) is 5.93. The average molecular weight is 257 g/mol. The molecule has 1 N–H and O–H groups in total. The van der Waals surface area contributed by atoms with Gasteiger partial charge in [0, 0.05) is 17.8 Å². The molecule has 0 bridgehead atoms. The normalized spacial score (nSPS) is 26.2. The van der Waals surface area contributed by atoms with E-state index in [1.165, 1.54) is 18.6 Å². The van der Waals surface area contributed by atoms with Crippen LogP contribution in [0.1, 0.15) is 19.8 Å². The molecule has 6 heteroatoms. The minimum atomic E-state index is -4.21. The van der Waals surface area contributed by atoms with Gasteiger partial charge in [0.05, 0.1) is 6.61 Å². The van der Waals surface area contributed by atoms with Crippen LogP contribution in [0.2, 0.25) is 0 Å². The standard InChI is InChI=1S/C10H18F3NOS/c1-9(3-2-6-16-9)7-14-4-5-15-8-10(11,12)13/h14H,2-8H2,1H3. The van der Waals surface area contributed by atoms with Gasteiger partial charge in [0.1, 0.15) is 6.61 Å². The summed E-state index contributed by atoms with van der Waals surface area (Å²) >= 11 is 1.93. The summed E-state index contributed by atoms with van der Waals surface area (Å²) in [6.07, 6.45) is -1.81. The maximum atomic E-state index is 11.7. The molecule has 1 unspecified atom stereocenters. The van der Waals surface area contributed by atoms with Crippen molar-refractivity contribution in [2.24, 2.45) is 0 Å². The Labute approximate surface area is 98.3 Å². The van der Waals surface area contributed by atoms with Gasteiger partial charge in [0.25, 0.3) is 0 Å². The van der Waals surface area contributed by atoms with Crippen molar-refractivity contribution in [3.05, 3.63) is 0 Å². The lowest BCUT2D eigenvalue weighted by Crippen LogP contribution is -2.35. The first-order valence-electron chi connectivity index (χ1n) is 5.40. The summed E-state index contributed by atoms with van der Waals surface area (Å²) in [7, 11) is 0. The topological polar surface area (TPSA) is 21.3 Å². The third kappa shape index (κ3) is 5.96. The predicted octanol–water partition coefficient (Wildman–Crippen LogP) is 2.44. The summed E-state index contributed by atoms with van der Waals surface area (Å²) in [5, 5.41) is 3.14. The molecular weight excluding hydrogens is 239 g/mol. The molecule has 0 aromatic heterocycles. The van der Waals surface area contributed by atoms with E-state index in [0.717, 1.165) is 6.54 Å². The fourth-order valence-electron chi connectivity index (χ4n) is 1.66. The zero-order chi connectivity index (χ0) is 12.1. The van der Waals surface area contributed by atoms with Crippen molar-refractivity contribution in [1.82, 2.24) is 5.32 Å². The third-order valence-corrected chi connectivity index (χ3v) is 4.03. The van der Waals surface area contributed by atoms with Crippen LogP contribution in [0.15, 0.2) is 0 Å². The highest BCUT2D eigenvalue weighted by Crippen LogP contribution is 2.36. The van der Waals surface area contributed by atoms with E-state index < -0.39 is 12.8 Å². The van der Waals surface area contributed by atoms with E-state index in [9.17, 15) is 13.2 Å². The third-order valence-electron chi connectivity index (χ3n) is 2.49. The fraction of sp³-hybridized carbons (Fsp3) is 1.00. The first-order chi connectivity index (χ1) is 7.41. The summed E-state index contributed by atoms with van der Waals surface area (Å²) in [5.74, 6) is 1.18. The molecule has 2 nitrogen and oxygen atoms in total. The quantitative estimate of drug-likeness (QED) is 0.738. The van der Waals surface area contributed by atoms with Crippen LogP contribution in [-0.2, 0) is 4.74 Å². The summed E-state index contributed by atoms with van der Waals surface area (Å²) in [6.45, 7) is 2.47. The first kappa shape index (κ1) is 14.1. The molecule has 1 aliphatic heterocycles. The Morgan fingerprint density at radius 3 is 2.75 bits per heavy atom. The van der Waals surface area contributed by atoms with Gasteiger partial charge in [-0.05, 0) is 25.5 Å². The van der Waals surface area contributed by atoms with Crippen LogP contribution in [0.25, 0.3) is 0 Å². The van der Waals surface area contributed by atoms with Gasteiger partial charge in [0.2, 0.25) is 0 Å². The molecule has 0 aromatic rings. The minimum Gasteiger partial charge on any atom is -0.371 e. The van der Waals surface area contributed by atoms with Crippen molar-refractivity contribution in [2.45, 2.75) is 30.7 Å². The highest BCUT2D eigenvalue weighted by molar-refractivity contribution is 8.00. The monoisotopic (exact) mass is 257 g/mol. The van der Waals surface area contributed by atoms with E-state index >= 15 is 0 Å². The number of hydrogen-bond acceptors (Lipinski definition) is 3. The largest absolute Gasteiger partial charge is 0.411 e. The van der Waals surface area contributed by atoms with E-state index in [2.05, 4.69) is 17.0 Å². The number of alkyl halides is 3.